The summed E-state index contributed by atoms with van der Waals surface area (Å²) in [6.45, 7) is 0. The van der Waals surface area contributed by atoms with Gasteiger partial charge in [-0.3, -0.25) is 4.79 Å². The van der Waals surface area contributed by atoms with Crippen LogP contribution in [0.25, 0.3) is 0 Å². The molecule has 23 heavy (non-hydrogen) atoms. The summed E-state index contributed by atoms with van der Waals surface area (Å²) in [6, 6.07) is 8.74. The molecule has 0 bridgehead atoms. The van der Waals surface area contributed by atoms with E-state index in [0.717, 1.165) is 30.6 Å². The van der Waals surface area contributed by atoms with Crippen molar-refractivity contribution in [2.75, 3.05) is 5.32 Å². The van der Waals surface area contributed by atoms with Gasteiger partial charge in [0.1, 0.15) is 11.6 Å². The van der Waals surface area contributed by atoms with Crippen LogP contribution >= 0.6 is 0 Å². The van der Waals surface area contributed by atoms with Gasteiger partial charge in [0, 0.05) is 12.0 Å². The molecule has 2 atom stereocenters. The maximum absolute atomic E-state index is 13.0. The quantitative estimate of drug-likeness (QED) is 0.931. The molecule has 2 unspecified atom stereocenters. The Bertz CT molecular complexity index is 703. The SMILES string of the molecule is O=C(Nc1ccnn1C1CCCC1)C1CC1c1ccc(F)cc1. The van der Waals surface area contributed by atoms with Gasteiger partial charge in [0.25, 0.3) is 0 Å². The Kier molecular flexibility index (Phi) is 3.63. The van der Waals surface area contributed by atoms with E-state index < -0.39 is 0 Å². The molecule has 0 aliphatic heterocycles. The predicted octanol–water partition coefficient (Wildman–Crippen LogP) is 3.88. The van der Waals surface area contributed by atoms with Crippen LogP contribution in [0.15, 0.2) is 36.5 Å². The highest BCUT2D eigenvalue weighted by Crippen LogP contribution is 2.48. The van der Waals surface area contributed by atoms with Crippen LogP contribution in [-0.2, 0) is 4.79 Å². The molecule has 0 spiro atoms. The number of hydrogen-bond acceptors (Lipinski definition) is 2. The van der Waals surface area contributed by atoms with Crippen LogP contribution in [0, 0.1) is 11.7 Å². The van der Waals surface area contributed by atoms with Crippen molar-refractivity contribution in [1.29, 1.82) is 0 Å². The molecule has 5 heteroatoms. The highest BCUT2D eigenvalue weighted by molar-refractivity contribution is 5.94. The fraction of sp³-hybridized carbons (Fsp3) is 0.444. The average Bonchev–Trinajstić information content (AvgIpc) is 2.95. The minimum atomic E-state index is -0.240. The number of anilines is 1. The number of carbonyl (C=O) groups excluding carboxylic acids is 1. The van der Waals surface area contributed by atoms with E-state index in [4.69, 9.17) is 0 Å². The van der Waals surface area contributed by atoms with Crippen molar-refractivity contribution in [1.82, 2.24) is 9.78 Å². The molecule has 0 saturated heterocycles. The summed E-state index contributed by atoms with van der Waals surface area (Å²) in [5.74, 6) is 0.785. The number of rotatable bonds is 4. The zero-order valence-corrected chi connectivity index (χ0v) is 12.9. The Morgan fingerprint density at radius 1 is 1.17 bits per heavy atom. The average molecular weight is 313 g/mol. The summed E-state index contributed by atoms with van der Waals surface area (Å²) in [5, 5.41) is 7.41. The Morgan fingerprint density at radius 3 is 2.65 bits per heavy atom. The van der Waals surface area contributed by atoms with Crippen LogP contribution in [0.2, 0.25) is 0 Å². The number of amides is 1. The molecule has 2 aliphatic carbocycles. The van der Waals surface area contributed by atoms with Crippen LogP contribution in [0.4, 0.5) is 10.2 Å². The van der Waals surface area contributed by atoms with E-state index in [2.05, 4.69) is 10.4 Å². The standard InChI is InChI=1S/C18H20FN3O/c19-13-7-5-12(6-8-13)15-11-16(15)18(23)21-17-9-10-20-22(17)14-3-1-2-4-14/h5-10,14-16H,1-4,11H2,(H,21,23). The summed E-state index contributed by atoms with van der Waals surface area (Å²) in [4.78, 5) is 12.5. The normalized spacial score (nSPS) is 23.9. The molecule has 2 aliphatic rings. The maximum atomic E-state index is 13.0. The van der Waals surface area contributed by atoms with E-state index in [1.54, 1.807) is 18.3 Å². The van der Waals surface area contributed by atoms with Gasteiger partial charge in [-0.25, -0.2) is 9.07 Å². The highest BCUT2D eigenvalue weighted by atomic mass is 19.1. The lowest BCUT2D eigenvalue weighted by Gasteiger charge is -2.14. The predicted molar refractivity (Wildman–Crippen MR) is 85.6 cm³/mol. The van der Waals surface area contributed by atoms with Crippen molar-refractivity contribution >= 4 is 11.7 Å². The molecule has 1 N–H and O–H groups in total. The van der Waals surface area contributed by atoms with Crippen LogP contribution in [0.1, 0.15) is 49.6 Å². The van der Waals surface area contributed by atoms with Crippen molar-refractivity contribution in [3.05, 3.63) is 47.9 Å². The second kappa shape index (κ2) is 5.80. The van der Waals surface area contributed by atoms with Crippen molar-refractivity contribution in [2.45, 2.75) is 44.1 Å². The Morgan fingerprint density at radius 2 is 1.91 bits per heavy atom. The number of benzene rings is 1. The van der Waals surface area contributed by atoms with E-state index in [9.17, 15) is 9.18 Å². The lowest BCUT2D eigenvalue weighted by atomic mass is 10.1. The Hall–Kier alpha value is -2.17. The topological polar surface area (TPSA) is 46.9 Å². The van der Waals surface area contributed by atoms with Gasteiger partial charge < -0.3 is 5.32 Å². The third kappa shape index (κ3) is 2.87. The molecular formula is C18H20FN3O. The maximum Gasteiger partial charge on any atom is 0.229 e. The smallest absolute Gasteiger partial charge is 0.229 e. The van der Waals surface area contributed by atoms with E-state index in [-0.39, 0.29) is 23.6 Å². The second-order valence-corrected chi connectivity index (χ2v) is 6.59. The molecule has 120 valence electrons. The first-order chi connectivity index (χ1) is 11.2. The summed E-state index contributed by atoms with van der Waals surface area (Å²) in [6.07, 6.45) is 7.30. The fourth-order valence-electron chi connectivity index (χ4n) is 3.64. The van der Waals surface area contributed by atoms with Crippen molar-refractivity contribution in [2.24, 2.45) is 5.92 Å². The molecule has 2 aromatic rings. The summed E-state index contributed by atoms with van der Waals surface area (Å²) < 4.78 is 14.9. The number of halogens is 1. The number of carbonyl (C=O) groups is 1. The minimum Gasteiger partial charge on any atom is -0.311 e. The second-order valence-electron chi connectivity index (χ2n) is 6.59. The summed E-state index contributed by atoms with van der Waals surface area (Å²) >= 11 is 0. The van der Waals surface area contributed by atoms with Gasteiger partial charge in [-0.15, -0.1) is 0 Å². The number of hydrogen-bond donors (Lipinski definition) is 1. The van der Waals surface area contributed by atoms with E-state index in [1.807, 2.05) is 10.7 Å². The fourth-order valence-corrected chi connectivity index (χ4v) is 3.64. The lowest BCUT2D eigenvalue weighted by Crippen LogP contribution is -2.19. The Balaban J connectivity index is 1.41. The molecule has 2 fully saturated rings. The molecule has 2 saturated carbocycles. The molecule has 0 radical (unpaired) electrons. The zero-order valence-electron chi connectivity index (χ0n) is 12.9. The third-order valence-corrected chi connectivity index (χ3v) is 5.02. The molecule has 4 rings (SSSR count). The van der Waals surface area contributed by atoms with E-state index >= 15 is 0 Å². The van der Waals surface area contributed by atoms with Gasteiger partial charge in [0.15, 0.2) is 0 Å². The van der Waals surface area contributed by atoms with Crippen molar-refractivity contribution in [3.8, 4) is 0 Å². The molecule has 1 heterocycles. The third-order valence-electron chi connectivity index (χ3n) is 5.02. The first-order valence-corrected chi connectivity index (χ1v) is 8.32. The minimum absolute atomic E-state index is 0.0209. The molecular weight excluding hydrogens is 293 g/mol. The number of nitrogens with one attached hydrogen (secondary N) is 1. The van der Waals surface area contributed by atoms with Crippen LogP contribution < -0.4 is 5.32 Å². The van der Waals surface area contributed by atoms with E-state index in [1.165, 1.54) is 25.0 Å². The first kappa shape index (κ1) is 14.4. The highest BCUT2D eigenvalue weighted by Gasteiger charge is 2.44. The molecule has 1 aromatic carbocycles. The van der Waals surface area contributed by atoms with E-state index in [0.29, 0.717) is 6.04 Å². The van der Waals surface area contributed by atoms with Crippen molar-refractivity contribution < 1.29 is 9.18 Å². The number of aromatic nitrogens is 2. The summed E-state index contributed by atoms with van der Waals surface area (Å²) in [7, 11) is 0. The monoisotopic (exact) mass is 313 g/mol. The van der Waals surface area contributed by atoms with Gasteiger partial charge in [0.2, 0.25) is 5.91 Å². The zero-order chi connectivity index (χ0) is 15.8. The van der Waals surface area contributed by atoms with Gasteiger partial charge in [-0.05, 0) is 42.9 Å². The van der Waals surface area contributed by atoms with Gasteiger partial charge in [0.05, 0.1) is 12.2 Å². The molecule has 1 amide bonds. The van der Waals surface area contributed by atoms with Crippen LogP contribution in [-0.4, -0.2) is 15.7 Å². The lowest BCUT2D eigenvalue weighted by molar-refractivity contribution is -0.117. The van der Waals surface area contributed by atoms with Crippen molar-refractivity contribution in [3.63, 3.8) is 0 Å². The van der Waals surface area contributed by atoms with Crippen LogP contribution in [0.3, 0.4) is 0 Å². The molecule has 1 aromatic heterocycles. The largest absolute Gasteiger partial charge is 0.311 e. The Labute approximate surface area is 134 Å². The molecule has 4 nitrogen and oxygen atoms in total. The van der Waals surface area contributed by atoms with Crippen LogP contribution in [0.5, 0.6) is 0 Å². The van der Waals surface area contributed by atoms with Gasteiger partial charge in [-0.1, -0.05) is 25.0 Å². The van der Waals surface area contributed by atoms with Gasteiger partial charge in [-0.2, -0.15) is 5.10 Å². The first-order valence-electron chi connectivity index (χ1n) is 8.32. The van der Waals surface area contributed by atoms with Gasteiger partial charge >= 0.3 is 0 Å². The number of nitrogens with zero attached hydrogens (tertiary/aromatic N) is 2. The summed E-state index contributed by atoms with van der Waals surface area (Å²) in [5.41, 5.74) is 1.04.